The molecular weight excluding hydrogens is 332 g/mol. The lowest BCUT2D eigenvalue weighted by molar-refractivity contribution is -0.141. The molecule has 5 heteroatoms. The maximum atomic E-state index is 11.5. The predicted octanol–water partition coefficient (Wildman–Crippen LogP) is 2.78. The fourth-order valence-electron chi connectivity index (χ4n) is 3.21. The highest BCUT2D eigenvalue weighted by Crippen LogP contribution is 2.37. The summed E-state index contributed by atoms with van der Waals surface area (Å²) in [6, 6.07) is 8.08. The van der Waals surface area contributed by atoms with Gasteiger partial charge < -0.3 is 10.0 Å². The Morgan fingerprint density at radius 2 is 2.00 bits per heavy atom. The average molecular weight is 355 g/mol. The first-order chi connectivity index (χ1) is 9.98. The van der Waals surface area contributed by atoms with Crippen LogP contribution in [-0.4, -0.2) is 54.1 Å². The van der Waals surface area contributed by atoms with Gasteiger partial charge >= 0.3 is 5.97 Å². The number of carboxylic acids is 1. The third kappa shape index (κ3) is 3.65. The minimum absolute atomic E-state index is 0.143. The number of nitrogens with zero attached hydrogens (tertiary/aromatic N) is 2. The molecule has 0 spiro atoms. The summed E-state index contributed by atoms with van der Waals surface area (Å²) in [6.45, 7) is 5.86. The molecule has 1 heterocycles. The van der Waals surface area contributed by atoms with Gasteiger partial charge in [0.15, 0.2) is 0 Å². The Hall–Kier alpha value is -0.910. The van der Waals surface area contributed by atoms with Gasteiger partial charge in [0.2, 0.25) is 0 Å². The summed E-state index contributed by atoms with van der Waals surface area (Å²) in [6.07, 6.45) is 0.934. The van der Waals surface area contributed by atoms with Gasteiger partial charge in [-0.2, -0.15) is 0 Å². The van der Waals surface area contributed by atoms with Gasteiger partial charge in [0.1, 0.15) is 0 Å². The molecule has 1 aromatic carbocycles. The van der Waals surface area contributed by atoms with E-state index in [0.717, 1.165) is 42.6 Å². The van der Waals surface area contributed by atoms with Crippen molar-refractivity contribution in [3.8, 4) is 0 Å². The monoisotopic (exact) mass is 354 g/mol. The normalized spacial score (nSPS) is 20.1. The Bertz CT molecular complexity index is 501. The highest BCUT2D eigenvalue weighted by atomic mass is 79.9. The van der Waals surface area contributed by atoms with Crippen LogP contribution in [0.25, 0.3) is 0 Å². The lowest BCUT2D eigenvalue weighted by atomic mass is 9.81. The van der Waals surface area contributed by atoms with E-state index < -0.39 is 11.5 Å². The second kappa shape index (κ2) is 6.90. The molecule has 0 radical (unpaired) electrons. The van der Waals surface area contributed by atoms with Crippen molar-refractivity contribution in [1.82, 2.24) is 9.80 Å². The number of benzene rings is 1. The molecule has 1 saturated heterocycles. The summed E-state index contributed by atoms with van der Waals surface area (Å²) < 4.78 is 0.998. The zero-order valence-corrected chi connectivity index (χ0v) is 14.3. The Labute approximate surface area is 134 Å². The van der Waals surface area contributed by atoms with E-state index >= 15 is 0 Å². The first-order valence-corrected chi connectivity index (χ1v) is 8.18. The van der Waals surface area contributed by atoms with E-state index in [0.29, 0.717) is 0 Å². The van der Waals surface area contributed by atoms with E-state index in [4.69, 9.17) is 0 Å². The summed E-state index contributed by atoms with van der Waals surface area (Å²) in [7, 11) is 2.11. The number of halogens is 1. The van der Waals surface area contributed by atoms with Crippen LogP contribution < -0.4 is 0 Å². The summed E-state index contributed by atoms with van der Waals surface area (Å²) in [4.78, 5) is 16.1. The number of hydrogen-bond acceptors (Lipinski definition) is 3. The lowest BCUT2D eigenvalue weighted by Gasteiger charge is -2.47. The molecule has 1 aliphatic rings. The second-order valence-electron chi connectivity index (χ2n) is 5.76. The largest absolute Gasteiger partial charge is 0.481 e. The highest BCUT2D eigenvalue weighted by molar-refractivity contribution is 9.10. The quantitative estimate of drug-likeness (QED) is 0.882. The van der Waals surface area contributed by atoms with Gasteiger partial charge in [0.25, 0.3) is 0 Å². The van der Waals surface area contributed by atoms with Gasteiger partial charge in [0, 0.05) is 30.7 Å². The molecule has 1 N–H and O–H groups in total. The number of hydrogen-bond donors (Lipinski definition) is 1. The second-order valence-corrected chi connectivity index (χ2v) is 6.67. The van der Waals surface area contributed by atoms with Crippen LogP contribution in [0.15, 0.2) is 28.7 Å². The van der Waals surface area contributed by atoms with Crippen molar-refractivity contribution in [3.63, 3.8) is 0 Å². The first-order valence-electron chi connectivity index (χ1n) is 7.39. The van der Waals surface area contributed by atoms with Crippen LogP contribution in [0.2, 0.25) is 0 Å². The number of piperazine rings is 1. The molecule has 1 fully saturated rings. The zero-order valence-electron chi connectivity index (χ0n) is 12.7. The highest BCUT2D eigenvalue weighted by Gasteiger charge is 2.40. The molecular formula is C16H23BrN2O2. The van der Waals surface area contributed by atoms with Crippen molar-refractivity contribution in [3.05, 3.63) is 34.3 Å². The van der Waals surface area contributed by atoms with E-state index in [1.807, 2.05) is 12.1 Å². The standard InChI is InChI=1S/C16H23BrN2O2/c1-3-16(12-15(20)21,13-5-4-6-14(17)11-13)19-9-7-18(2)8-10-19/h4-6,11H,3,7-10,12H2,1-2H3,(H,20,21). The predicted molar refractivity (Wildman–Crippen MR) is 87.4 cm³/mol. The smallest absolute Gasteiger partial charge is 0.305 e. The third-order valence-electron chi connectivity index (χ3n) is 4.50. The van der Waals surface area contributed by atoms with Gasteiger partial charge in [-0.25, -0.2) is 0 Å². The van der Waals surface area contributed by atoms with E-state index in [1.165, 1.54) is 0 Å². The molecule has 1 atom stereocenters. The number of rotatable bonds is 5. The Morgan fingerprint density at radius 3 is 2.52 bits per heavy atom. The SMILES string of the molecule is CCC(CC(=O)O)(c1cccc(Br)c1)N1CCN(C)CC1. The van der Waals surface area contributed by atoms with Crippen molar-refractivity contribution in [2.75, 3.05) is 33.2 Å². The lowest BCUT2D eigenvalue weighted by Crippen LogP contribution is -2.55. The van der Waals surface area contributed by atoms with Crippen LogP contribution in [0.4, 0.5) is 0 Å². The topological polar surface area (TPSA) is 43.8 Å². The molecule has 116 valence electrons. The number of carboxylic acid groups (broad SMARTS) is 1. The fraction of sp³-hybridized carbons (Fsp3) is 0.562. The maximum absolute atomic E-state index is 11.5. The van der Waals surface area contributed by atoms with Crippen LogP contribution in [0.3, 0.4) is 0 Å². The van der Waals surface area contributed by atoms with Gasteiger partial charge in [-0.3, -0.25) is 9.69 Å². The van der Waals surface area contributed by atoms with E-state index in [-0.39, 0.29) is 6.42 Å². The van der Waals surface area contributed by atoms with Crippen LogP contribution >= 0.6 is 15.9 Å². The van der Waals surface area contributed by atoms with Gasteiger partial charge in [-0.15, -0.1) is 0 Å². The Kier molecular flexibility index (Phi) is 5.41. The molecule has 4 nitrogen and oxygen atoms in total. The van der Waals surface area contributed by atoms with E-state index in [1.54, 1.807) is 0 Å². The molecule has 1 unspecified atom stereocenters. The molecule has 2 rings (SSSR count). The molecule has 21 heavy (non-hydrogen) atoms. The van der Waals surface area contributed by atoms with Crippen LogP contribution in [-0.2, 0) is 10.3 Å². The van der Waals surface area contributed by atoms with Crippen LogP contribution in [0, 0.1) is 0 Å². The molecule has 0 saturated carbocycles. The fourth-order valence-corrected chi connectivity index (χ4v) is 3.61. The Morgan fingerprint density at radius 1 is 1.33 bits per heavy atom. The first kappa shape index (κ1) is 16.5. The molecule has 1 aliphatic heterocycles. The minimum Gasteiger partial charge on any atom is -0.481 e. The van der Waals surface area contributed by atoms with Gasteiger partial charge in [-0.05, 0) is 31.2 Å². The van der Waals surface area contributed by atoms with Crippen molar-refractivity contribution in [2.24, 2.45) is 0 Å². The number of carbonyl (C=O) groups is 1. The molecule has 0 amide bonds. The number of aliphatic carboxylic acids is 1. The van der Waals surface area contributed by atoms with E-state index in [9.17, 15) is 9.90 Å². The summed E-state index contributed by atoms with van der Waals surface area (Å²) in [5.74, 6) is -0.740. The van der Waals surface area contributed by atoms with Gasteiger partial charge in [-0.1, -0.05) is 35.0 Å². The molecule has 0 aliphatic carbocycles. The van der Waals surface area contributed by atoms with Crippen molar-refractivity contribution in [2.45, 2.75) is 25.3 Å². The summed E-state index contributed by atoms with van der Waals surface area (Å²) in [5.41, 5.74) is 0.669. The van der Waals surface area contributed by atoms with Crippen LogP contribution in [0.1, 0.15) is 25.3 Å². The minimum atomic E-state index is -0.740. The van der Waals surface area contributed by atoms with Crippen molar-refractivity contribution >= 4 is 21.9 Å². The Balaban J connectivity index is 2.40. The maximum Gasteiger partial charge on any atom is 0.305 e. The van der Waals surface area contributed by atoms with Crippen LogP contribution in [0.5, 0.6) is 0 Å². The summed E-state index contributed by atoms with van der Waals surface area (Å²) >= 11 is 3.51. The van der Waals surface area contributed by atoms with Gasteiger partial charge in [0.05, 0.1) is 12.0 Å². The number of likely N-dealkylation sites (N-methyl/N-ethyl adjacent to an activating group) is 1. The molecule has 1 aromatic rings. The van der Waals surface area contributed by atoms with E-state index in [2.05, 4.69) is 51.8 Å². The van der Waals surface area contributed by atoms with Crippen molar-refractivity contribution < 1.29 is 9.90 Å². The summed E-state index contributed by atoms with van der Waals surface area (Å²) in [5, 5.41) is 9.44. The molecule has 0 aromatic heterocycles. The third-order valence-corrected chi connectivity index (χ3v) is 4.99. The van der Waals surface area contributed by atoms with Crippen molar-refractivity contribution in [1.29, 1.82) is 0 Å². The average Bonchev–Trinajstić information content (AvgIpc) is 2.45. The zero-order chi connectivity index (χ0) is 15.5. The molecule has 0 bridgehead atoms.